The van der Waals surface area contributed by atoms with Crippen molar-refractivity contribution in [2.75, 3.05) is 11.9 Å². The van der Waals surface area contributed by atoms with Crippen LogP contribution in [0.4, 0.5) is 14.5 Å². The van der Waals surface area contributed by atoms with E-state index >= 15 is 0 Å². The van der Waals surface area contributed by atoms with Crippen molar-refractivity contribution in [1.82, 2.24) is 5.32 Å². The monoisotopic (exact) mass is 258 g/mol. The topological polar surface area (TPSA) is 78.4 Å². The minimum atomic E-state index is -1.10. The molecular weight excluding hydrogens is 246 g/mol. The van der Waals surface area contributed by atoms with Crippen LogP contribution >= 0.6 is 0 Å². The normalized spacial score (nSPS) is 11.9. The molecule has 1 aromatic carbocycles. The van der Waals surface area contributed by atoms with E-state index in [2.05, 4.69) is 10.6 Å². The molecule has 0 aliphatic rings. The molecule has 0 aromatic heterocycles. The van der Waals surface area contributed by atoms with Crippen LogP contribution in [0.2, 0.25) is 0 Å². The highest BCUT2D eigenvalue weighted by Gasteiger charge is 2.13. The third kappa shape index (κ3) is 4.10. The molecule has 0 unspecified atom stereocenters. The number of carbonyl (C=O) groups excluding carboxylic acids is 1. The molecule has 5 nitrogen and oxygen atoms in total. The van der Waals surface area contributed by atoms with Crippen LogP contribution in [0.15, 0.2) is 18.2 Å². The highest BCUT2D eigenvalue weighted by atomic mass is 19.1. The SMILES string of the molecule is C[C@@H](NCC(=O)Nc1ccc(F)cc1F)C(=O)O. The molecule has 0 heterocycles. The maximum atomic E-state index is 13.2. The fraction of sp³-hybridized carbons (Fsp3) is 0.273. The second-order valence-electron chi connectivity index (χ2n) is 3.61. The van der Waals surface area contributed by atoms with Crippen LogP contribution in [0.3, 0.4) is 0 Å². The summed E-state index contributed by atoms with van der Waals surface area (Å²) < 4.78 is 25.8. The first-order valence-corrected chi connectivity index (χ1v) is 5.11. The fourth-order valence-corrected chi connectivity index (χ4v) is 1.12. The van der Waals surface area contributed by atoms with Crippen LogP contribution in [0.1, 0.15) is 6.92 Å². The lowest BCUT2D eigenvalue weighted by molar-refractivity contribution is -0.139. The summed E-state index contributed by atoms with van der Waals surface area (Å²) in [7, 11) is 0. The van der Waals surface area contributed by atoms with E-state index in [-0.39, 0.29) is 12.2 Å². The van der Waals surface area contributed by atoms with Crippen molar-refractivity contribution in [2.24, 2.45) is 0 Å². The average Bonchev–Trinajstić information content (AvgIpc) is 2.29. The molecule has 0 saturated carbocycles. The van der Waals surface area contributed by atoms with Crippen molar-refractivity contribution in [3.63, 3.8) is 0 Å². The van der Waals surface area contributed by atoms with Gasteiger partial charge in [-0.3, -0.25) is 14.9 Å². The Morgan fingerprint density at radius 2 is 2.06 bits per heavy atom. The Bertz CT molecular complexity index is 466. The van der Waals surface area contributed by atoms with E-state index in [0.717, 1.165) is 12.1 Å². The van der Waals surface area contributed by atoms with Crippen molar-refractivity contribution >= 4 is 17.6 Å². The van der Waals surface area contributed by atoms with Crippen LogP contribution in [-0.4, -0.2) is 29.6 Å². The summed E-state index contributed by atoms with van der Waals surface area (Å²) in [5.41, 5.74) is -0.161. The third-order valence-corrected chi connectivity index (χ3v) is 2.14. The Kier molecular flexibility index (Phi) is 4.73. The summed E-state index contributed by atoms with van der Waals surface area (Å²) in [6.45, 7) is 1.08. The molecular formula is C11H12F2N2O3. The number of carboxylic acids is 1. The van der Waals surface area contributed by atoms with Crippen LogP contribution in [0.5, 0.6) is 0 Å². The van der Waals surface area contributed by atoms with Crippen molar-refractivity contribution in [3.8, 4) is 0 Å². The zero-order chi connectivity index (χ0) is 13.7. The Labute approximate surface area is 102 Å². The van der Waals surface area contributed by atoms with Gasteiger partial charge in [-0.05, 0) is 19.1 Å². The second kappa shape index (κ2) is 6.06. The second-order valence-corrected chi connectivity index (χ2v) is 3.61. The summed E-state index contributed by atoms with van der Waals surface area (Å²) in [6.07, 6.45) is 0. The summed E-state index contributed by atoms with van der Waals surface area (Å²) in [4.78, 5) is 21.8. The number of halogens is 2. The number of benzene rings is 1. The van der Waals surface area contributed by atoms with Crippen LogP contribution in [-0.2, 0) is 9.59 Å². The van der Waals surface area contributed by atoms with E-state index in [1.807, 2.05) is 0 Å². The predicted molar refractivity (Wildman–Crippen MR) is 60.1 cm³/mol. The van der Waals surface area contributed by atoms with Crippen LogP contribution in [0.25, 0.3) is 0 Å². The van der Waals surface area contributed by atoms with E-state index < -0.39 is 29.6 Å². The summed E-state index contributed by atoms with van der Waals surface area (Å²) in [6, 6.07) is 1.84. The summed E-state index contributed by atoms with van der Waals surface area (Å²) in [5.74, 6) is -3.36. The minimum absolute atomic E-state index is 0.161. The molecule has 0 bridgehead atoms. The Balaban J connectivity index is 2.52. The zero-order valence-electron chi connectivity index (χ0n) is 9.54. The largest absolute Gasteiger partial charge is 0.480 e. The first-order valence-electron chi connectivity index (χ1n) is 5.11. The lowest BCUT2D eigenvalue weighted by Gasteiger charge is -2.10. The van der Waals surface area contributed by atoms with Crippen molar-refractivity contribution in [1.29, 1.82) is 0 Å². The molecule has 1 atom stereocenters. The minimum Gasteiger partial charge on any atom is -0.480 e. The smallest absolute Gasteiger partial charge is 0.320 e. The van der Waals surface area contributed by atoms with Gasteiger partial charge in [-0.15, -0.1) is 0 Å². The molecule has 0 saturated heterocycles. The highest BCUT2D eigenvalue weighted by molar-refractivity contribution is 5.92. The molecule has 18 heavy (non-hydrogen) atoms. The Hall–Kier alpha value is -2.02. The lowest BCUT2D eigenvalue weighted by atomic mass is 10.3. The number of carboxylic acid groups (broad SMARTS) is 1. The van der Waals surface area contributed by atoms with Crippen LogP contribution < -0.4 is 10.6 Å². The summed E-state index contributed by atoms with van der Waals surface area (Å²) in [5, 5.41) is 13.2. The van der Waals surface area contributed by atoms with E-state index in [1.165, 1.54) is 6.92 Å². The number of amides is 1. The molecule has 1 rings (SSSR count). The quantitative estimate of drug-likeness (QED) is 0.735. The highest BCUT2D eigenvalue weighted by Crippen LogP contribution is 2.14. The molecule has 1 amide bonds. The number of nitrogens with one attached hydrogen (secondary N) is 2. The van der Waals surface area contributed by atoms with Gasteiger partial charge >= 0.3 is 5.97 Å². The van der Waals surface area contributed by atoms with Crippen molar-refractivity contribution < 1.29 is 23.5 Å². The van der Waals surface area contributed by atoms with Gasteiger partial charge in [-0.1, -0.05) is 0 Å². The molecule has 0 radical (unpaired) electrons. The first kappa shape index (κ1) is 14.0. The molecule has 1 aromatic rings. The van der Waals surface area contributed by atoms with Gasteiger partial charge in [0.15, 0.2) is 0 Å². The van der Waals surface area contributed by atoms with Gasteiger partial charge in [0, 0.05) is 6.07 Å². The molecule has 0 aliphatic carbocycles. The van der Waals surface area contributed by atoms with Gasteiger partial charge in [0.1, 0.15) is 17.7 Å². The van der Waals surface area contributed by atoms with E-state index in [0.29, 0.717) is 6.07 Å². The number of hydrogen-bond acceptors (Lipinski definition) is 3. The van der Waals surface area contributed by atoms with Gasteiger partial charge in [0.25, 0.3) is 0 Å². The number of rotatable bonds is 5. The average molecular weight is 258 g/mol. The molecule has 98 valence electrons. The van der Waals surface area contributed by atoms with E-state index in [9.17, 15) is 18.4 Å². The van der Waals surface area contributed by atoms with Gasteiger partial charge in [0.05, 0.1) is 12.2 Å². The number of hydrogen-bond donors (Lipinski definition) is 3. The van der Waals surface area contributed by atoms with Crippen LogP contribution in [0, 0.1) is 11.6 Å². The van der Waals surface area contributed by atoms with Gasteiger partial charge in [-0.25, -0.2) is 8.78 Å². The first-order chi connectivity index (χ1) is 8.40. The maximum Gasteiger partial charge on any atom is 0.320 e. The van der Waals surface area contributed by atoms with Gasteiger partial charge in [0.2, 0.25) is 5.91 Å². The lowest BCUT2D eigenvalue weighted by Crippen LogP contribution is -2.39. The number of anilines is 1. The molecule has 7 heteroatoms. The van der Waals surface area contributed by atoms with E-state index in [1.54, 1.807) is 0 Å². The maximum absolute atomic E-state index is 13.2. The molecule has 0 aliphatic heterocycles. The third-order valence-electron chi connectivity index (χ3n) is 2.14. The standard InChI is InChI=1S/C11H12F2N2O3/c1-6(11(17)18)14-5-10(16)15-9-3-2-7(12)4-8(9)13/h2-4,6,14H,5H2,1H3,(H,15,16)(H,17,18)/t6-/m1/s1. The Morgan fingerprint density at radius 3 is 2.61 bits per heavy atom. The van der Waals surface area contributed by atoms with Gasteiger partial charge in [-0.2, -0.15) is 0 Å². The molecule has 0 spiro atoms. The van der Waals surface area contributed by atoms with E-state index in [4.69, 9.17) is 5.11 Å². The van der Waals surface area contributed by atoms with Gasteiger partial charge < -0.3 is 10.4 Å². The zero-order valence-corrected chi connectivity index (χ0v) is 9.54. The molecule has 3 N–H and O–H groups in total. The molecule has 0 fully saturated rings. The van der Waals surface area contributed by atoms with Crippen molar-refractivity contribution in [2.45, 2.75) is 13.0 Å². The summed E-state index contributed by atoms with van der Waals surface area (Å²) >= 11 is 0. The Morgan fingerprint density at radius 1 is 1.39 bits per heavy atom. The number of carbonyl (C=O) groups is 2. The van der Waals surface area contributed by atoms with Crippen molar-refractivity contribution in [3.05, 3.63) is 29.8 Å². The predicted octanol–water partition coefficient (Wildman–Crippen LogP) is 0.966. The fourth-order valence-electron chi connectivity index (χ4n) is 1.12. The number of aliphatic carboxylic acids is 1.